The first-order valence-corrected chi connectivity index (χ1v) is 9.72. The molecule has 5 nitrogen and oxygen atoms in total. The number of carbonyl (C=O) groups excluding carboxylic acids is 1. The van der Waals surface area contributed by atoms with Gasteiger partial charge in [0.05, 0.1) is 11.8 Å². The van der Waals surface area contributed by atoms with Gasteiger partial charge in [0.25, 0.3) is 5.91 Å². The molecule has 1 N–H and O–H groups in total. The van der Waals surface area contributed by atoms with Crippen LogP contribution in [0, 0.1) is 0 Å². The van der Waals surface area contributed by atoms with Crippen LogP contribution < -0.4 is 5.32 Å². The highest BCUT2D eigenvalue weighted by molar-refractivity contribution is 7.98. The lowest BCUT2D eigenvalue weighted by Gasteiger charge is -2.17. The zero-order valence-electron chi connectivity index (χ0n) is 14.6. The summed E-state index contributed by atoms with van der Waals surface area (Å²) in [4.78, 5) is 13.7. The lowest BCUT2D eigenvalue weighted by Crippen LogP contribution is -2.27. The number of hydrogen-bond acceptors (Lipinski definition) is 4. The minimum absolute atomic E-state index is 0.132. The molecule has 1 aliphatic rings. The van der Waals surface area contributed by atoms with E-state index in [1.54, 1.807) is 16.4 Å². The van der Waals surface area contributed by atoms with Crippen LogP contribution in [-0.2, 0) is 17.5 Å². The number of halogens is 1. The Kier molecular flexibility index (Phi) is 5.71. The Hall–Kier alpha value is -1.50. The van der Waals surface area contributed by atoms with Crippen LogP contribution in [0.3, 0.4) is 0 Å². The highest BCUT2D eigenvalue weighted by Gasteiger charge is 2.27. The molecule has 1 aromatic heterocycles. The van der Waals surface area contributed by atoms with E-state index in [2.05, 4.69) is 10.4 Å². The van der Waals surface area contributed by atoms with Gasteiger partial charge < -0.3 is 10.1 Å². The van der Waals surface area contributed by atoms with E-state index in [1.807, 2.05) is 39.1 Å². The molecule has 3 rings (SSSR count). The molecule has 0 unspecified atom stereocenters. The van der Waals surface area contributed by atoms with Crippen molar-refractivity contribution >= 4 is 29.3 Å². The number of amides is 1. The molecular weight excluding hydrogens is 358 g/mol. The van der Waals surface area contributed by atoms with Crippen molar-refractivity contribution in [3.8, 4) is 11.3 Å². The molecule has 0 spiro atoms. The van der Waals surface area contributed by atoms with Gasteiger partial charge in [-0.1, -0.05) is 11.6 Å². The molecule has 1 amide bonds. The molecule has 2 heterocycles. The number of carbonyl (C=O) groups is 1. The van der Waals surface area contributed by atoms with E-state index < -0.39 is 0 Å². The van der Waals surface area contributed by atoms with Crippen LogP contribution in [0.1, 0.15) is 36.3 Å². The number of nitrogens with zero attached hydrogens (tertiary/aromatic N) is 2. The quantitative estimate of drug-likeness (QED) is 0.773. The number of nitrogens with one attached hydrogen (secondary N) is 1. The second kappa shape index (κ2) is 7.81. The van der Waals surface area contributed by atoms with Gasteiger partial charge in [-0.2, -0.15) is 5.10 Å². The minimum atomic E-state index is -0.132. The smallest absolute Gasteiger partial charge is 0.272 e. The molecule has 0 radical (unpaired) electrons. The van der Waals surface area contributed by atoms with Gasteiger partial charge in [0.15, 0.2) is 5.69 Å². The largest absolute Gasteiger partial charge is 0.379 e. The fourth-order valence-electron chi connectivity index (χ4n) is 2.86. The predicted octanol–water partition coefficient (Wildman–Crippen LogP) is 3.89. The summed E-state index contributed by atoms with van der Waals surface area (Å²) in [6, 6.07) is 5.85. The predicted molar refractivity (Wildman–Crippen MR) is 101 cm³/mol. The molecule has 25 heavy (non-hydrogen) atoms. The third kappa shape index (κ3) is 4.02. The van der Waals surface area contributed by atoms with Crippen LogP contribution in [-0.4, -0.2) is 34.9 Å². The number of aryl methyl sites for hydroxylation is 1. The van der Waals surface area contributed by atoms with Crippen molar-refractivity contribution in [3.63, 3.8) is 0 Å². The first kappa shape index (κ1) is 18.3. The molecule has 0 aliphatic carbocycles. The average molecular weight is 380 g/mol. The van der Waals surface area contributed by atoms with E-state index in [-0.39, 0.29) is 12.0 Å². The second-order valence-electron chi connectivity index (χ2n) is 6.26. The third-order valence-corrected chi connectivity index (χ3v) is 5.32. The number of fused-ring (bicyclic) bond motifs is 3. The molecule has 0 bridgehead atoms. The average Bonchev–Trinajstić information content (AvgIpc) is 2.91. The molecule has 0 saturated carbocycles. The Morgan fingerprint density at radius 1 is 1.48 bits per heavy atom. The number of benzene rings is 1. The van der Waals surface area contributed by atoms with Gasteiger partial charge in [0, 0.05) is 47.0 Å². The number of rotatable bonds is 6. The van der Waals surface area contributed by atoms with Crippen molar-refractivity contribution in [2.24, 2.45) is 7.05 Å². The van der Waals surface area contributed by atoms with Crippen LogP contribution in [0.2, 0.25) is 5.02 Å². The molecule has 0 atom stereocenters. The minimum Gasteiger partial charge on any atom is -0.379 e. The Morgan fingerprint density at radius 2 is 2.28 bits per heavy atom. The number of hydrogen-bond donors (Lipinski definition) is 1. The summed E-state index contributed by atoms with van der Waals surface area (Å²) in [6.07, 6.45) is 0.994. The van der Waals surface area contributed by atoms with Crippen molar-refractivity contribution in [1.82, 2.24) is 15.1 Å². The number of thioether (sulfide) groups is 1. The Bertz CT molecular complexity index is 789. The second-order valence-corrected chi connectivity index (χ2v) is 7.71. The summed E-state index contributed by atoms with van der Waals surface area (Å²) in [6.45, 7) is 5.22. The van der Waals surface area contributed by atoms with E-state index in [9.17, 15) is 4.79 Å². The van der Waals surface area contributed by atoms with Crippen molar-refractivity contribution in [2.45, 2.75) is 37.0 Å². The summed E-state index contributed by atoms with van der Waals surface area (Å²) >= 11 is 7.86. The van der Waals surface area contributed by atoms with Gasteiger partial charge in [0.1, 0.15) is 0 Å². The van der Waals surface area contributed by atoms with E-state index in [0.717, 1.165) is 33.9 Å². The number of aromatic nitrogens is 2. The zero-order chi connectivity index (χ0) is 18.0. The maximum atomic E-state index is 12.5. The lowest BCUT2D eigenvalue weighted by molar-refractivity contribution is 0.0756. The topological polar surface area (TPSA) is 56.1 Å². The Morgan fingerprint density at radius 3 is 3.04 bits per heavy atom. The van der Waals surface area contributed by atoms with Gasteiger partial charge in [-0.05, 0) is 38.5 Å². The Labute approximate surface area is 157 Å². The molecule has 0 fully saturated rings. The van der Waals surface area contributed by atoms with Crippen LogP contribution >= 0.6 is 23.4 Å². The van der Waals surface area contributed by atoms with Crippen molar-refractivity contribution in [3.05, 3.63) is 34.5 Å². The van der Waals surface area contributed by atoms with Gasteiger partial charge in [-0.25, -0.2) is 0 Å². The monoisotopic (exact) mass is 379 g/mol. The maximum absolute atomic E-state index is 12.5. The highest BCUT2D eigenvalue weighted by Crippen LogP contribution is 2.43. The Balaban J connectivity index is 1.75. The SMILES string of the molecule is CC(C)OCCCNC(=O)c1nn(C)c2c1CSc1ccc(Cl)cc1-2. The van der Waals surface area contributed by atoms with Crippen LogP contribution in [0.5, 0.6) is 0 Å². The molecule has 2 aromatic rings. The molecule has 1 aromatic carbocycles. The summed E-state index contributed by atoms with van der Waals surface area (Å²) in [5.74, 6) is 0.601. The van der Waals surface area contributed by atoms with Crippen LogP contribution in [0.25, 0.3) is 11.3 Å². The van der Waals surface area contributed by atoms with Crippen molar-refractivity contribution in [1.29, 1.82) is 0 Å². The molecule has 1 aliphatic heterocycles. The van der Waals surface area contributed by atoms with Gasteiger partial charge in [-0.15, -0.1) is 11.8 Å². The third-order valence-electron chi connectivity index (χ3n) is 3.99. The fourth-order valence-corrected chi connectivity index (χ4v) is 4.08. The fraction of sp³-hybridized carbons (Fsp3) is 0.444. The van der Waals surface area contributed by atoms with Gasteiger partial charge >= 0.3 is 0 Å². The summed E-state index contributed by atoms with van der Waals surface area (Å²) in [7, 11) is 1.87. The first-order valence-electron chi connectivity index (χ1n) is 8.35. The van der Waals surface area contributed by atoms with Gasteiger partial charge in [-0.3, -0.25) is 9.48 Å². The van der Waals surface area contributed by atoms with Crippen LogP contribution in [0.4, 0.5) is 0 Å². The highest BCUT2D eigenvalue weighted by atomic mass is 35.5. The van der Waals surface area contributed by atoms with Gasteiger partial charge in [0.2, 0.25) is 0 Å². The van der Waals surface area contributed by atoms with E-state index >= 15 is 0 Å². The summed E-state index contributed by atoms with van der Waals surface area (Å²) < 4.78 is 7.27. The molecule has 7 heteroatoms. The van der Waals surface area contributed by atoms with E-state index in [4.69, 9.17) is 16.3 Å². The number of ether oxygens (including phenoxy) is 1. The standard InChI is InChI=1S/C18H22ClN3O2S/c1-11(2)24-8-4-7-20-18(23)16-14-10-25-15-6-5-12(19)9-13(15)17(14)22(3)21-16/h5-6,9,11H,4,7-8,10H2,1-3H3,(H,20,23). The maximum Gasteiger partial charge on any atom is 0.272 e. The molecular formula is C18H22ClN3O2S. The van der Waals surface area contributed by atoms with Crippen molar-refractivity contribution < 1.29 is 9.53 Å². The molecule has 0 saturated heterocycles. The molecule has 134 valence electrons. The normalized spacial score (nSPS) is 12.8. The lowest BCUT2D eigenvalue weighted by atomic mass is 10.1. The van der Waals surface area contributed by atoms with E-state index in [1.165, 1.54) is 0 Å². The first-order chi connectivity index (χ1) is 12.0. The van der Waals surface area contributed by atoms with Crippen molar-refractivity contribution in [2.75, 3.05) is 13.2 Å². The van der Waals surface area contributed by atoms with E-state index in [0.29, 0.717) is 23.9 Å². The zero-order valence-corrected chi connectivity index (χ0v) is 16.2. The van der Waals surface area contributed by atoms with Crippen LogP contribution in [0.15, 0.2) is 23.1 Å². The summed E-state index contributed by atoms with van der Waals surface area (Å²) in [5, 5.41) is 8.09. The summed E-state index contributed by atoms with van der Waals surface area (Å²) in [5.41, 5.74) is 3.49.